The van der Waals surface area contributed by atoms with Gasteiger partial charge in [0.1, 0.15) is 17.4 Å². The Labute approximate surface area is 234 Å². The van der Waals surface area contributed by atoms with E-state index in [0.717, 1.165) is 77.7 Å². The molecule has 3 aliphatic rings. The van der Waals surface area contributed by atoms with Crippen LogP contribution in [0, 0.1) is 0 Å². The number of aromatic nitrogens is 4. The largest absolute Gasteiger partial charge is 0.492 e. The highest BCUT2D eigenvalue weighted by atomic mass is 16.5. The summed E-state index contributed by atoms with van der Waals surface area (Å²) < 4.78 is 6.44. The third-order valence-electron chi connectivity index (χ3n) is 9.02. The van der Waals surface area contributed by atoms with E-state index in [9.17, 15) is 0 Å². The maximum Gasteiger partial charge on any atom is 0.134 e. The van der Waals surface area contributed by atoms with Crippen molar-refractivity contribution in [2.45, 2.75) is 44.2 Å². The Kier molecular flexibility index (Phi) is 5.74. The van der Waals surface area contributed by atoms with Gasteiger partial charge in [0.05, 0.1) is 42.5 Å². The van der Waals surface area contributed by atoms with Gasteiger partial charge in [-0.3, -0.25) is 4.90 Å². The molecule has 3 aromatic carbocycles. The van der Waals surface area contributed by atoms with Crippen molar-refractivity contribution in [1.82, 2.24) is 30.2 Å². The van der Waals surface area contributed by atoms with Gasteiger partial charge in [0.25, 0.3) is 0 Å². The number of hydrogen-bond donors (Lipinski definition) is 3. The second-order valence-electron chi connectivity index (χ2n) is 11.5. The number of ether oxygens (including phenoxy) is 1. The van der Waals surface area contributed by atoms with Crippen molar-refractivity contribution in [2.24, 2.45) is 0 Å². The summed E-state index contributed by atoms with van der Waals surface area (Å²) in [6, 6.07) is 18.6. The lowest BCUT2D eigenvalue weighted by Gasteiger charge is -2.16. The van der Waals surface area contributed by atoms with Crippen molar-refractivity contribution in [3.63, 3.8) is 0 Å². The number of nitrogens with one attached hydrogen (secondary N) is 3. The zero-order valence-electron chi connectivity index (χ0n) is 22.8. The molecule has 5 aromatic rings. The summed E-state index contributed by atoms with van der Waals surface area (Å²) in [6.45, 7) is 2.86. The lowest BCUT2D eigenvalue weighted by molar-refractivity contribution is 0.307. The molecular weight excluding hydrogens is 496 g/mol. The molecule has 0 spiro atoms. The molecule has 5 heterocycles. The Morgan fingerprint density at radius 1 is 0.850 bits per heavy atom. The summed E-state index contributed by atoms with van der Waals surface area (Å²) in [7, 11) is 2.19. The molecule has 0 saturated carbocycles. The first-order valence-electron chi connectivity index (χ1n) is 14.6. The quantitative estimate of drug-likeness (QED) is 0.250. The highest BCUT2D eigenvalue weighted by Gasteiger charge is 2.26. The second kappa shape index (κ2) is 9.61. The van der Waals surface area contributed by atoms with Gasteiger partial charge < -0.3 is 20.0 Å². The third kappa shape index (κ3) is 4.03. The fourth-order valence-electron chi connectivity index (χ4n) is 6.82. The van der Waals surface area contributed by atoms with E-state index in [2.05, 4.69) is 80.7 Å². The number of fused-ring (bicyclic) bond motifs is 5. The van der Waals surface area contributed by atoms with Gasteiger partial charge in [-0.2, -0.15) is 0 Å². The molecule has 2 aromatic heterocycles. The smallest absolute Gasteiger partial charge is 0.134 e. The molecule has 7 nitrogen and oxygen atoms in total. The van der Waals surface area contributed by atoms with Crippen molar-refractivity contribution in [1.29, 1.82) is 0 Å². The number of aromatic amines is 2. The molecule has 2 atom stereocenters. The number of likely N-dealkylation sites (tertiary alicyclic amines) is 1. The molecule has 8 rings (SSSR count). The summed E-state index contributed by atoms with van der Waals surface area (Å²) in [5, 5.41) is 5.85. The van der Waals surface area contributed by atoms with Crippen LogP contribution < -0.4 is 10.1 Å². The molecule has 0 bridgehead atoms. The van der Waals surface area contributed by atoms with E-state index in [1.807, 2.05) is 12.4 Å². The van der Waals surface area contributed by atoms with E-state index in [-0.39, 0.29) is 0 Å². The third-order valence-corrected chi connectivity index (χ3v) is 9.02. The molecule has 3 aliphatic heterocycles. The summed E-state index contributed by atoms with van der Waals surface area (Å²) in [4.78, 5) is 19.0. The van der Waals surface area contributed by atoms with Crippen molar-refractivity contribution >= 4 is 10.8 Å². The minimum Gasteiger partial charge on any atom is -0.492 e. The molecule has 0 amide bonds. The van der Waals surface area contributed by atoms with Crippen molar-refractivity contribution < 1.29 is 4.74 Å². The summed E-state index contributed by atoms with van der Waals surface area (Å²) >= 11 is 0. The summed E-state index contributed by atoms with van der Waals surface area (Å²) in [6.07, 6.45) is 9.55. The van der Waals surface area contributed by atoms with E-state index in [0.29, 0.717) is 18.7 Å². The monoisotopic (exact) mass is 530 g/mol. The van der Waals surface area contributed by atoms with Crippen LogP contribution in [0.1, 0.15) is 55.0 Å². The van der Waals surface area contributed by atoms with Crippen LogP contribution in [0.15, 0.2) is 60.9 Å². The van der Waals surface area contributed by atoms with Crippen LogP contribution in [-0.4, -0.2) is 51.6 Å². The lowest BCUT2D eigenvalue weighted by Crippen LogP contribution is -2.18. The molecule has 0 radical (unpaired) electrons. The zero-order valence-corrected chi connectivity index (χ0v) is 22.8. The fraction of sp³-hybridized carbons (Fsp3) is 0.333. The van der Waals surface area contributed by atoms with Crippen molar-refractivity contribution in [2.75, 3.05) is 26.7 Å². The number of imidazole rings is 2. The maximum absolute atomic E-state index is 6.44. The number of benzene rings is 3. The van der Waals surface area contributed by atoms with Crippen LogP contribution in [-0.2, 0) is 6.42 Å². The summed E-state index contributed by atoms with van der Waals surface area (Å²) in [5.41, 5.74) is 8.19. The molecule has 3 N–H and O–H groups in total. The predicted octanol–water partition coefficient (Wildman–Crippen LogP) is 6.41. The standard InChI is InChI=1S/C33H34N6O/c1-39-14-3-5-30(39)33-36-19-29(38-33)22-7-9-24-21(17-22)12-15-40-31-25-10-8-23(16-20(25)6-11-26(24)31)28-18-35-32(37-28)27-4-2-13-34-27/h6-11,16-19,27,30,34H,2-5,12-15H2,1H3,(H,35,37)(H,36,38)/t27-,30-/m0/s1. The van der Waals surface area contributed by atoms with Gasteiger partial charge in [0.15, 0.2) is 0 Å². The SMILES string of the molecule is CN1CCC[C@H]1c1ncc(-c2ccc3c(c2)CCOc2c-3ccc3cc(-c4cnc([C@@H]5CCCN5)[nH]4)ccc23)[nH]1. The van der Waals surface area contributed by atoms with Gasteiger partial charge in [0, 0.05) is 22.9 Å². The molecule has 202 valence electrons. The molecule has 2 saturated heterocycles. The van der Waals surface area contributed by atoms with E-state index in [1.54, 1.807) is 0 Å². The Morgan fingerprint density at radius 2 is 1.65 bits per heavy atom. The van der Waals surface area contributed by atoms with Crippen LogP contribution in [0.2, 0.25) is 0 Å². The van der Waals surface area contributed by atoms with E-state index < -0.39 is 0 Å². The number of H-pyrrole nitrogens is 2. The fourth-order valence-corrected chi connectivity index (χ4v) is 6.82. The van der Waals surface area contributed by atoms with Gasteiger partial charge in [0.2, 0.25) is 0 Å². The van der Waals surface area contributed by atoms with Gasteiger partial charge in [-0.05, 0) is 86.1 Å². The van der Waals surface area contributed by atoms with E-state index >= 15 is 0 Å². The Hall–Kier alpha value is -3.94. The molecule has 40 heavy (non-hydrogen) atoms. The minimum atomic E-state index is 0.336. The van der Waals surface area contributed by atoms with Gasteiger partial charge >= 0.3 is 0 Å². The minimum absolute atomic E-state index is 0.336. The van der Waals surface area contributed by atoms with Crippen LogP contribution in [0.5, 0.6) is 5.75 Å². The number of hydrogen-bond acceptors (Lipinski definition) is 5. The molecule has 7 heteroatoms. The Morgan fingerprint density at radius 3 is 2.48 bits per heavy atom. The maximum atomic E-state index is 6.44. The van der Waals surface area contributed by atoms with Gasteiger partial charge in [-0.15, -0.1) is 0 Å². The Bertz CT molecular complexity index is 1710. The van der Waals surface area contributed by atoms with Crippen LogP contribution in [0.3, 0.4) is 0 Å². The predicted molar refractivity (Wildman–Crippen MR) is 158 cm³/mol. The average molecular weight is 531 g/mol. The number of nitrogens with zero attached hydrogens (tertiary/aromatic N) is 3. The first-order chi connectivity index (χ1) is 19.7. The molecule has 0 unspecified atom stereocenters. The second-order valence-corrected chi connectivity index (χ2v) is 11.5. The number of rotatable bonds is 4. The highest BCUT2D eigenvalue weighted by molar-refractivity contribution is 5.98. The molecule has 2 fully saturated rings. The van der Waals surface area contributed by atoms with Gasteiger partial charge in [-0.25, -0.2) is 9.97 Å². The van der Waals surface area contributed by atoms with E-state index in [4.69, 9.17) is 9.72 Å². The summed E-state index contributed by atoms with van der Waals surface area (Å²) in [5.74, 6) is 3.08. The van der Waals surface area contributed by atoms with Gasteiger partial charge in [-0.1, -0.05) is 30.3 Å². The van der Waals surface area contributed by atoms with Crippen LogP contribution in [0.25, 0.3) is 44.4 Å². The van der Waals surface area contributed by atoms with Crippen molar-refractivity contribution in [3.8, 4) is 39.4 Å². The molecular formula is C33H34N6O. The first kappa shape index (κ1) is 23.9. The Balaban J connectivity index is 1.11. The topological polar surface area (TPSA) is 81.9 Å². The van der Waals surface area contributed by atoms with Crippen LogP contribution >= 0.6 is 0 Å². The normalized spacial score (nSPS) is 20.8. The molecule has 0 aliphatic carbocycles. The van der Waals surface area contributed by atoms with E-state index in [1.165, 1.54) is 34.9 Å². The first-order valence-corrected chi connectivity index (χ1v) is 14.6. The zero-order chi connectivity index (χ0) is 26.6. The lowest BCUT2D eigenvalue weighted by atomic mass is 9.93. The average Bonchev–Trinajstić information content (AvgIpc) is 3.79. The van der Waals surface area contributed by atoms with Crippen LogP contribution in [0.4, 0.5) is 0 Å². The van der Waals surface area contributed by atoms with Crippen molar-refractivity contribution in [3.05, 3.63) is 78.1 Å². The highest BCUT2D eigenvalue weighted by Crippen LogP contribution is 2.42.